The highest BCUT2D eigenvalue weighted by atomic mass is 35.5. The maximum absolute atomic E-state index is 5.94. The van der Waals surface area contributed by atoms with E-state index in [9.17, 15) is 0 Å². The normalized spacial score (nSPS) is 10.6. The summed E-state index contributed by atoms with van der Waals surface area (Å²) in [7, 11) is 1.69. The van der Waals surface area contributed by atoms with Crippen molar-refractivity contribution in [1.82, 2.24) is 5.32 Å². The van der Waals surface area contributed by atoms with Gasteiger partial charge in [0, 0.05) is 30.2 Å². The number of ether oxygens (including phenoxy) is 2. The largest absolute Gasteiger partial charge is 0.457 e. The molecule has 0 saturated heterocycles. The van der Waals surface area contributed by atoms with Crippen LogP contribution < -0.4 is 10.1 Å². The first-order valence-corrected chi connectivity index (χ1v) is 7.35. The molecule has 0 fully saturated rings. The van der Waals surface area contributed by atoms with E-state index in [1.54, 1.807) is 25.3 Å². The van der Waals surface area contributed by atoms with Crippen LogP contribution in [0.5, 0.6) is 11.5 Å². The first-order chi connectivity index (χ1) is 10.2. The van der Waals surface area contributed by atoms with Crippen LogP contribution >= 0.6 is 23.2 Å². The summed E-state index contributed by atoms with van der Waals surface area (Å²) in [6, 6.07) is 13.0. The molecular weight excluding hydrogens is 309 g/mol. The van der Waals surface area contributed by atoms with Crippen molar-refractivity contribution in [3.63, 3.8) is 0 Å². The van der Waals surface area contributed by atoms with E-state index in [1.807, 2.05) is 24.3 Å². The molecule has 0 aliphatic carbocycles. The SMILES string of the molecule is COCCNCc1ccc(Oc2cc(Cl)cc(Cl)c2)cc1. The molecule has 0 spiro atoms. The van der Waals surface area contributed by atoms with Crippen molar-refractivity contribution >= 4 is 23.2 Å². The van der Waals surface area contributed by atoms with Gasteiger partial charge in [-0.15, -0.1) is 0 Å². The molecule has 0 aliphatic heterocycles. The van der Waals surface area contributed by atoms with Crippen LogP contribution in [-0.4, -0.2) is 20.3 Å². The molecule has 0 radical (unpaired) electrons. The van der Waals surface area contributed by atoms with Crippen molar-refractivity contribution in [2.24, 2.45) is 0 Å². The van der Waals surface area contributed by atoms with Crippen LogP contribution in [-0.2, 0) is 11.3 Å². The first kappa shape index (κ1) is 16.1. The Hall–Kier alpha value is -1.26. The van der Waals surface area contributed by atoms with E-state index in [-0.39, 0.29) is 0 Å². The lowest BCUT2D eigenvalue weighted by molar-refractivity contribution is 0.199. The van der Waals surface area contributed by atoms with Crippen LogP contribution in [0.25, 0.3) is 0 Å². The van der Waals surface area contributed by atoms with Gasteiger partial charge < -0.3 is 14.8 Å². The van der Waals surface area contributed by atoms with Crippen LogP contribution in [0.2, 0.25) is 10.0 Å². The first-order valence-electron chi connectivity index (χ1n) is 6.60. The second kappa shape index (κ2) is 8.25. The highest BCUT2D eigenvalue weighted by Crippen LogP contribution is 2.28. The highest BCUT2D eigenvalue weighted by molar-refractivity contribution is 6.34. The van der Waals surface area contributed by atoms with Crippen molar-refractivity contribution < 1.29 is 9.47 Å². The van der Waals surface area contributed by atoms with Gasteiger partial charge in [-0.1, -0.05) is 35.3 Å². The van der Waals surface area contributed by atoms with Gasteiger partial charge in [0.15, 0.2) is 0 Å². The Morgan fingerprint density at radius 3 is 2.24 bits per heavy atom. The monoisotopic (exact) mass is 325 g/mol. The van der Waals surface area contributed by atoms with Gasteiger partial charge in [0.2, 0.25) is 0 Å². The van der Waals surface area contributed by atoms with Crippen molar-refractivity contribution in [2.45, 2.75) is 6.54 Å². The maximum Gasteiger partial charge on any atom is 0.130 e. The highest BCUT2D eigenvalue weighted by Gasteiger charge is 2.01. The van der Waals surface area contributed by atoms with Crippen LogP contribution in [0.15, 0.2) is 42.5 Å². The average molecular weight is 326 g/mol. The average Bonchev–Trinajstić information content (AvgIpc) is 2.44. The molecule has 21 heavy (non-hydrogen) atoms. The summed E-state index contributed by atoms with van der Waals surface area (Å²) in [4.78, 5) is 0. The smallest absolute Gasteiger partial charge is 0.130 e. The molecule has 0 unspecified atom stereocenters. The summed E-state index contributed by atoms with van der Waals surface area (Å²) in [6.07, 6.45) is 0. The summed E-state index contributed by atoms with van der Waals surface area (Å²) in [5, 5.41) is 4.39. The summed E-state index contributed by atoms with van der Waals surface area (Å²) in [6.45, 7) is 2.33. The zero-order chi connectivity index (χ0) is 15.1. The zero-order valence-electron chi connectivity index (χ0n) is 11.7. The Kier molecular flexibility index (Phi) is 6.33. The number of nitrogens with one attached hydrogen (secondary N) is 1. The fraction of sp³-hybridized carbons (Fsp3) is 0.250. The molecule has 2 rings (SSSR count). The minimum Gasteiger partial charge on any atom is -0.457 e. The van der Waals surface area contributed by atoms with Crippen molar-refractivity contribution in [2.75, 3.05) is 20.3 Å². The van der Waals surface area contributed by atoms with Gasteiger partial charge in [-0.05, 0) is 35.9 Å². The molecule has 0 amide bonds. The molecule has 0 atom stereocenters. The Labute approximate surface area is 134 Å². The third kappa shape index (κ3) is 5.56. The standard InChI is InChI=1S/C16H17Cl2NO2/c1-20-7-6-19-11-12-2-4-15(5-3-12)21-16-9-13(17)8-14(18)10-16/h2-5,8-10,19H,6-7,11H2,1H3. The molecule has 2 aromatic carbocycles. The van der Waals surface area contributed by atoms with Gasteiger partial charge >= 0.3 is 0 Å². The van der Waals surface area contributed by atoms with Crippen molar-refractivity contribution in [3.05, 3.63) is 58.1 Å². The fourth-order valence-electron chi connectivity index (χ4n) is 1.81. The number of hydrogen-bond acceptors (Lipinski definition) is 3. The Bertz CT molecular complexity index is 553. The second-order valence-electron chi connectivity index (χ2n) is 4.52. The molecule has 0 saturated carbocycles. The molecule has 0 aromatic heterocycles. The minimum absolute atomic E-state index is 0.552. The molecule has 0 heterocycles. The molecule has 5 heteroatoms. The van der Waals surface area contributed by atoms with Gasteiger partial charge in [-0.25, -0.2) is 0 Å². The second-order valence-corrected chi connectivity index (χ2v) is 5.39. The maximum atomic E-state index is 5.94. The van der Waals surface area contributed by atoms with Gasteiger partial charge in [0.25, 0.3) is 0 Å². The van der Waals surface area contributed by atoms with Gasteiger partial charge in [0.05, 0.1) is 6.61 Å². The van der Waals surface area contributed by atoms with Crippen molar-refractivity contribution in [1.29, 1.82) is 0 Å². The van der Waals surface area contributed by atoms with E-state index in [2.05, 4.69) is 5.32 Å². The fourth-order valence-corrected chi connectivity index (χ4v) is 2.31. The predicted octanol–water partition coefficient (Wildman–Crippen LogP) is 4.52. The number of hydrogen-bond donors (Lipinski definition) is 1. The van der Waals surface area contributed by atoms with Gasteiger partial charge in [-0.3, -0.25) is 0 Å². The van der Waals surface area contributed by atoms with E-state index in [4.69, 9.17) is 32.7 Å². The molecule has 112 valence electrons. The van der Waals surface area contributed by atoms with Crippen LogP contribution in [0.4, 0.5) is 0 Å². The van der Waals surface area contributed by atoms with E-state index < -0.39 is 0 Å². The summed E-state index contributed by atoms with van der Waals surface area (Å²) in [5.41, 5.74) is 1.18. The van der Waals surface area contributed by atoms with Gasteiger partial charge in [0.1, 0.15) is 11.5 Å². The number of rotatable bonds is 7. The third-order valence-electron chi connectivity index (χ3n) is 2.81. The topological polar surface area (TPSA) is 30.5 Å². The summed E-state index contributed by atoms with van der Waals surface area (Å²) < 4.78 is 10.7. The van der Waals surface area contributed by atoms with Crippen LogP contribution in [0.3, 0.4) is 0 Å². The lowest BCUT2D eigenvalue weighted by Gasteiger charge is -2.08. The van der Waals surface area contributed by atoms with Crippen LogP contribution in [0, 0.1) is 0 Å². The Morgan fingerprint density at radius 2 is 1.62 bits per heavy atom. The quantitative estimate of drug-likeness (QED) is 0.759. The van der Waals surface area contributed by atoms with E-state index in [0.717, 1.165) is 18.8 Å². The minimum atomic E-state index is 0.552. The molecular formula is C16H17Cl2NO2. The van der Waals surface area contributed by atoms with E-state index in [1.165, 1.54) is 5.56 Å². The summed E-state index contributed by atoms with van der Waals surface area (Å²) >= 11 is 11.9. The lowest BCUT2D eigenvalue weighted by atomic mass is 10.2. The lowest BCUT2D eigenvalue weighted by Crippen LogP contribution is -2.18. The summed E-state index contributed by atoms with van der Waals surface area (Å²) in [5.74, 6) is 1.37. The predicted molar refractivity (Wildman–Crippen MR) is 86.6 cm³/mol. The zero-order valence-corrected chi connectivity index (χ0v) is 13.2. The van der Waals surface area contributed by atoms with E-state index >= 15 is 0 Å². The van der Waals surface area contributed by atoms with Crippen LogP contribution in [0.1, 0.15) is 5.56 Å². The Morgan fingerprint density at radius 1 is 0.952 bits per heavy atom. The molecule has 1 N–H and O–H groups in total. The molecule has 3 nitrogen and oxygen atoms in total. The number of methoxy groups -OCH3 is 1. The van der Waals surface area contributed by atoms with E-state index in [0.29, 0.717) is 22.4 Å². The molecule has 2 aromatic rings. The molecule has 0 aliphatic rings. The van der Waals surface area contributed by atoms with Gasteiger partial charge in [-0.2, -0.15) is 0 Å². The number of benzene rings is 2. The number of halogens is 2. The Balaban J connectivity index is 1.92. The molecule has 0 bridgehead atoms. The third-order valence-corrected chi connectivity index (χ3v) is 3.24. The van der Waals surface area contributed by atoms with Crippen molar-refractivity contribution in [3.8, 4) is 11.5 Å².